The van der Waals surface area contributed by atoms with Crippen molar-refractivity contribution >= 4 is 0 Å². The quantitative estimate of drug-likeness (QED) is 0.493. The number of alkyl halides is 3. The van der Waals surface area contributed by atoms with Gasteiger partial charge in [-0.2, -0.15) is 13.2 Å². The summed E-state index contributed by atoms with van der Waals surface area (Å²) in [4.78, 5) is 2.31. The van der Waals surface area contributed by atoms with Gasteiger partial charge in [0, 0.05) is 18.5 Å². The molecule has 3 nitrogen and oxygen atoms in total. The van der Waals surface area contributed by atoms with Gasteiger partial charge in [0.15, 0.2) is 0 Å². The van der Waals surface area contributed by atoms with Crippen molar-refractivity contribution in [1.82, 2.24) is 4.90 Å². The van der Waals surface area contributed by atoms with Crippen molar-refractivity contribution in [2.24, 2.45) is 0 Å². The summed E-state index contributed by atoms with van der Waals surface area (Å²) in [5.74, 6) is 0. The van der Waals surface area contributed by atoms with Crippen LogP contribution in [-0.2, 0) is 28.5 Å². The third-order valence-electron chi connectivity index (χ3n) is 7.73. The van der Waals surface area contributed by atoms with Crippen molar-refractivity contribution in [1.29, 1.82) is 0 Å². The standard InChI is InChI=1S/C29H30F3NO2/c30-29(31,32)25-11-6-10-24(19-25)28(34)14-17-33(18-15-28)16-13-27(23-8-2-1-3-9-23)21-35-20-22-7-4-5-12-26(22)27/h1-12,19,34H,13-18,20-21H2. The van der Waals surface area contributed by atoms with Gasteiger partial charge in [-0.3, -0.25) is 0 Å². The normalized spacial score (nSPS) is 22.5. The molecule has 1 unspecified atom stereocenters. The minimum Gasteiger partial charge on any atom is -0.385 e. The van der Waals surface area contributed by atoms with E-state index in [-0.39, 0.29) is 5.41 Å². The Bertz CT molecular complexity index is 1160. The maximum atomic E-state index is 13.2. The summed E-state index contributed by atoms with van der Waals surface area (Å²) >= 11 is 0. The van der Waals surface area contributed by atoms with Gasteiger partial charge in [-0.15, -0.1) is 0 Å². The highest BCUT2D eigenvalue weighted by Crippen LogP contribution is 2.42. The Kier molecular flexibility index (Phi) is 6.47. The molecule has 3 aromatic rings. The third kappa shape index (κ3) is 4.75. The summed E-state index contributed by atoms with van der Waals surface area (Å²) < 4.78 is 45.6. The highest BCUT2D eigenvalue weighted by atomic mass is 19.4. The van der Waals surface area contributed by atoms with Gasteiger partial charge >= 0.3 is 6.18 Å². The van der Waals surface area contributed by atoms with E-state index in [1.807, 2.05) is 12.1 Å². The monoisotopic (exact) mass is 481 g/mol. The van der Waals surface area contributed by atoms with Gasteiger partial charge in [-0.25, -0.2) is 0 Å². The minimum atomic E-state index is -4.42. The first-order chi connectivity index (χ1) is 16.8. The van der Waals surface area contributed by atoms with E-state index in [1.54, 1.807) is 6.07 Å². The van der Waals surface area contributed by atoms with Crippen LogP contribution in [0, 0.1) is 0 Å². The molecule has 0 aliphatic carbocycles. The number of piperidine rings is 1. The minimum absolute atomic E-state index is 0.259. The molecule has 6 heteroatoms. The largest absolute Gasteiger partial charge is 0.416 e. The number of hydrogen-bond acceptors (Lipinski definition) is 3. The van der Waals surface area contributed by atoms with Gasteiger partial charge in [0.25, 0.3) is 0 Å². The van der Waals surface area contributed by atoms with Crippen LogP contribution in [0.3, 0.4) is 0 Å². The van der Waals surface area contributed by atoms with Crippen molar-refractivity contribution in [3.05, 3.63) is 107 Å². The maximum Gasteiger partial charge on any atom is 0.416 e. The average molecular weight is 482 g/mol. The van der Waals surface area contributed by atoms with Crippen LogP contribution in [0.4, 0.5) is 13.2 Å². The molecule has 0 radical (unpaired) electrons. The number of benzene rings is 3. The van der Waals surface area contributed by atoms with Gasteiger partial charge < -0.3 is 14.7 Å². The van der Waals surface area contributed by atoms with Crippen LogP contribution < -0.4 is 0 Å². The molecule has 1 N–H and O–H groups in total. The van der Waals surface area contributed by atoms with Gasteiger partial charge in [0.1, 0.15) is 0 Å². The van der Waals surface area contributed by atoms with Crippen molar-refractivity contribution in [2.45, 2.75) is 43.1 Å². The fourth-order valence-corrected chi connectivity index (χ4v) is 5.64. The van der Waals surface area contributed by atoms with Crippen LogP contribution in [-0.4, -0.2) is 36.2 Å². The molecule has 0 spiro atoms. The zero-order valence-corrected chi connectivity index (χ0v) is 19.6. The molecule has 1 atom stereocenters. The van der Waals surface area contributed by atoms with E-state index >= 15 is 0 Å². The first-order valence-electron chi connectivity index (χ1n) is 12.1. The highest BCUT2D eigenvalue weighted by molar-refractivity contribution is 5.45. The van der Waals surface area contributed by atoms with Gasteiger partial charge in [-0.1, -0.05) is 66.7 Å². The maximum absolute atomic E-state index is 13.2. The van der Waals surface area contributed by atoms with E-state index in [0.717, 1.165) is 25.1 Å². The molecule has 2 aliphatic heterocycles. The molecule has 5 rings (SSSR count). The van der Waals surface area contributed by atoms with E-state index < -0.39 is 17.3 Å². The fourth-order valence-electron chi connectivity index (χ4n) is 5.64. The molecule has 2 aliphatic rings. The van der Waals surface area contributed by atoms with Crippen LogP contribution >= 0.6 is 0 Å². The van der Waals surface area contributed by atoms with E-state index in [0.29, 0.717) is 44.7 Å². The molecular weight excluding hydrogens is 451 g/mol. The van der Waals surface area contributed by atoms with Gasteiger partial charge in [0.2, 0.25) is 0 Å². The zero-order chi connectivity index (χ0) is 24.5. The number of nitrogens with zero attached hydrogens (tertiary/aromatic N) is 1. The van der Waals surface area contributed by atoms with Crippen molar-refractivity contribution in [3.8, 4) is 0 Å². The van der Waals surface area contributed by atoms with Crippen molar-refractivity contribution in [2.75, 3.05) is 26.2 Å². The summed E-state index contributed by atoms with van der Waals surface area (Å²) in [5, 5.41) is 11.2. The van der Waals surface area contributed by atoms with Crippen LogP contribution in [0.2, 0.25) is 0 Å². The number of aliphatic hydroxyl groups is 1. The molecule has 0 amide bonds. The van der Waals surface area contributed by atoms with E-state index in [9.17, 15) is 18.3 Å². The third-order valence-corrected chi connectivity index (χ3v) is 7.73. The molecule has 0 bridgehead atoms. The lowest BCUT2D eigenvalue weighted by Gasteiger charge is -2.43. The Labute approximate surface area is 204 Å². The van der Waals surface area contributed by atoms with Crippen LogP contribution in [0.15, 0.2) is 78.9 Å². The van der Waals surface area contributed by atoms with Crippen LogP contribution in [0.1, 0.15) is 47.1 Å². The van der Waals surface area contributed by atoms with Crippen LogP contribution in [0.25, 0.3) is 0 Å². The molecule has 184 valence electrons. The lowest BCUT2D eigenvalue weighted by molar-refractivity contribution is -0.137. The number of rotatable bonds is 5. The SMILES string of the molecule is OC1(c2cccc(C(F)(F)F)c2)CCN(CCC2(c3ccccc3)COCc3ccccc32)CC1. The lowest BCUT2D eigenvalue weighted by Crippen LogP contribution is -2.46. The summed E-state index contributed by atoms with van der Waals surface area (Å²) in [6.07, 6.45) is -2.76. The zero-order valence-electron chi connectivity index (χ0n) is 19.6. The smallest absolute Gasteiger partial charge is 0.385 e. The molecule has 0 aromatic heterocycles. The van der Waals surface area contributed by atoms with Crippen molar-refractivity contribution in [3.63, 3.8) is 0 Å². The van der Waals surface area contributed by atoms with E-state index in [4.69, 9.17) is 4.74 Å². The molecular formula is C29H30F3NO2. The number of fused-ring (bicyclic) bond motifs is 1. The van der Waals surface area contributed by atoms with Gasteiger partial charge in [0.05, 0.1) is 24.4 Å². The Morgan fingerprint density at radius 1 is 0.857 bits per heavy atom. The Hall–Kier alpha value is -2.67. The number of halogens is 3. The second-order valence-electron chi connectivity index (χ2n) is 9.80. The second kappa shape index (κ2) is 9.41. The lowest BCUT2D eigenvalue weighted by atomic mass is 9.70. The van der Waals surface area contributed by atoms with Crippen LogP contribution in [0.5, 0.6) is 0 Å². The first kappa shape index (κ1) is 24.0. The molecule has 2 heterocycles. The summed E-state index contributed by atoms with van der Waals surface area (Å²) in [6, 6.07) is 24.0. The Morgan fingerprint density at radius 3 is 2.29 bits per heavy atom. The Morgan fingerprint density at radius 2 is 1.54 bits per heavy atom. The predicted octanol–water partition coefficient (Wildman–Crippen LogP) is 5.90. The summed E-state index contributed by atoms with van der Waals surface area (Å²) in [5.41, 5.74) is 1.87. The summed E-state index contributed by atoms with van der Waals surface area (Å²) in [6.45, 7) is 3.28. The highest BCUT2D eigenvalue weighted by Gasteiger charge is 2.41. The fraction of sp³-hybridized carbons (Fsp3) is 0.379. The topological polar surface area (TPSA) is 32.7 Å². The second-order valence-corrected chi connectivity index (χ2v) is 9.80. The average Bonchev–Trinajstić information content (AvgIpc) is 2.88. The predicted molar refractivity (Wildman–Crippen MR) is 129 cm³/mol. The molecule has 1 saturated heterocycles. The van der Waals surface area contributed by atoms with Gasteiger partial charge in [-0.05, 0) is 60.2 Å². The summed E-state index contributed by atoms with van der Waals surface area (Å²) in [7, 11) is 0. The number of ether oxygens (including phenoxy) is 1. The molecule has 0 saturated carbocycles. The first-order valence-corrected chi connectivity index (χ1v) is 12.1. The molecule has 35 heavy (non-hydrogen) atoms. The van der Waals surface area contributed by atoms with Crippen molar-refractivity contribution < 1.29 is 23.0 Å². The van der Waals surface area contributed by atoms with E-state index in [2.05, 4.69) is 47.4 Å². The number of likely N-dealkylation sites (tertiary alicyclic amines) is 1. The number of hydrogen-bond donors (Lipinski definition) is 1. The molecule has 1 fully saturated rings. The molecule has 3 aromatic carbocycles. The Balaban J connectivity index is 1.32. The van der Waals surface area contributed by atoms with E-state index in [1.165, 1.54) is 22.8 Å².